The SMILES string of the molecule is ClCCc1ncc2n1CCCC2. The first-order chi connectivity index (χ1) is 5.92. The van der Waals surface area contributed by atoms with E-state index in [0.29, 0.717) is 5.88 Å². The van der Waals surface area contributed by atoms with Crippen LogP contribution in [0.2, 0.25) is 0 Å². The lowest BCUT2D eigenvalue weighted by Crippen LogP contribution is -2.12. The third-order valence-corrected chi connectivity index (χ3v) is 2.59. The van der Waals surface area contributed by atoms with Gasteiger partial charge < -0.3 is 4.57 Å². The highest BCUT2D eigenvalue weighted by Crippen LogP contribution is 2.16. The number of alkyl halides is 1. The first kappa shape index (κ1) is 8.11. The van der Waals surface area contributed by atoms with E-state index in [1.807, 2.05) is 6.20 Å². The Morgan fingerprint density at radius 1 is 1.50 bits per heavy atom. The average Bonchev–Trinajstić information content (AvgIpc) is 2.50. The summed E-state index contributed by atoms with van der Waals surface area (Å²) in [7, 11) is 0. The summed E-state index contributed by atoms with van der Waals surface area (Å²) in [5.41, 5.74) is 1.39. The molecular weight excluding hydrogens is 172 g/mol. The first-order valence-corrected chi connectivity index (χ1v) is 5.04. The van der Waals surface area contributed by atoms with E-state index in [1.165, 1.54) is 30.8 Å². The second-order valence-electron chi connectivity index (χ2n) is 3.21. The van der Waals surface area contributed by atoms with Crippen molar-refractivity contribution < 1.29 is 0 Å². The molecule has 0 aliphatic carbocycles. The zero-order valence-corrected chi connectivity index (χ0v) is 7.85. The van der Waals surface area contributed by atoms with Crippen LogP contribution in [0.5, 0.6) is 0 Å². The van der Waals surface area contributed by atoms with E-state index in [0.717, 1.165) is 13.0 Å². The van der Waals surface area contributed by atoms with Crippen molar-refractivity contribution in [1.82, 2.24) is 9.55 Å². The van der Waals surface area contributed by atoms with E-state index in [4.69, 9.17) is 11.6 Å². The van der Waals surface area contributed by atoms with Gasteiger partial charge in [0, 0.05) is 30.7 Å². The minimum Gasteiger partial charge on any atom is -0.332 e. The van der Waals surface area contributed by atoms with Crippen molar-refractivity contribution in [2.24, 2.45) is 0 Å². The number of imidazole rings is 1. The lowest BCUT2D eigenvalue weighted by atomic mass is 10.1. The molecule has 1 aromatic rings. The molecule has 1 aliphatic rings. The number of aryl methyl sites for hydroxylation is 2. The molecule has 0 spiro atoms. The highest BCUT2D eigenvalue weighted by molar-refractivity contribution is 6.17. The smallest absolute Gasteiger partial charge is 0.110 e. The molecule has 2 heterocycles. The van der Waals surface area contributed by atoms with Crippen LogP contribution >= 0.6 is 11.6 Å². The van der Waals surface area contributed by atoms with Gasteiger partial charge in [0.25, 0.3) is 0 Å². The topological polar surface area (TPSA) is 17.8 Å². The van der Waals surface area contributed by atoms with Crippen LogP contribution in [0, 0.1) is 0 Å². The molecule has 66 valence electrons. The highest BCUT2D eigenvalue weighted by atomic mass is 35.5. The van der Waals surface area contributed by atoms with E-state index < -0.39 is 0 Å². The van der Waals surface area contributed by atoms with Gasteiger partial charge in [-0.1, -0.05) is 0 Å². The second kappa shape index (κ2) is 3.48. The highest BCUT2D eigenvalue weighted by Gasteiger charge is 2.12. The molecule has 12 heavy (non-hydrogen) atoms. The Hall–Kier alpha value is -0.500. The third-order valence-electron chi connectivity index (χ3n) is 2.40. The molecule has 0 radical (unpaired) electrons. The Balaban J connectivity index is 2.25. The fourth-order valence-corrected chi connectivity index (χ4v) is 1.96. The van der Waals surface area contributed by atoms with Crippen LogP contribution in [0.3, 0.4) is 0 Å². The maximum atomic E-state index is 5.68. The standard InChI is InChI=1S/C9H13ClN2/c10-5-4-9-11-7-8-3-1-2-6-12(8)9/h7H,1-6H2. The number of hydrogen-bond acceptors (Lipinski definition) is 1. The van der Waals surface area contributed by atoms with Crippen molar-refractivity contribution in [2.75, 3.05) is 5.88 Å². The molecule has 0 fully saturated rings. The van der Waals surface area contributed by atoms with Gasteiger partial charge in [0.05, 0.1) is 0 Å². The second-order valence-corrected chi connectivity index (χ2v) is 3.59. The zero-order valence-electron chi connectivity index (χ0n) is 7.09. The maximum Gasteiger partial charge on any atom is 0.110 e. The fraction of sp³-hybridized carbons (Fsp3) is 0.667. The molecule has 3 heteroatoms. The molecule has 0 N–H and O–H groups in total. The van der Waals surface area contributed by atoms with Crippen molar-refractivity contribution in [1.29, 1.82) is 0 Å². The van der Waals surface area contributed by atoms with E-state index in [-0.39, 0.29) is 0 Å². The van der Waals surface area contributed by atoms with E-state index in [2.05, 4.69) is 9.55 Å². The number of halogens is 1. The lowest BCUT2D eigenvalue weighted by molar-refractivity contribution is 0.516. The van der Waals surface area contributed by atoms with E-state index in [1.54, 1.807) is 0 Å². The van der Waals surface area contributed by atoms with Gasteiger partial charge in [-0.3, -0.25) is 0 Å². The summed E-state index contributed by atoms with van der Waals surface area (Å²) < 4.78 is 2.33. The summed E-state index contributed by atoms with van der Waals surface area (Å²) in [5.74, 6) is 1.84. The normalized spacial score (nSPS) is 16.1. The van der Waals surface area contributed by atoms with Gasteiger partial charge in [-0.15, -0.1) is 11.6 Å². The van der Waals surface area contributed by atoms with Crippen LogP contribution < -0.4 is 0 Å². The van der Waals surface area contributed by atoms with Gasteiger partial charge in [-0.25, -0.2) is 4.98 Å². The van der Waals surface area contributed by atoms with Crippen LogP contribution in [-0.4, -0.2) is 15.4 Å². The van der Waals surface area contributed by atoms with Gasteiger partial charge in [0.15, 0.2) is 0 Å². The number of rotatable bonds is 2. The Labute approximate surface area is 77.6 Å². The summed E-state index contributed by atoms with van der Waals surface area (Å²) in [4.78, 5) is 4.37. The number of hydrogen-bond donors (Lipinski definition) is 0. The van der Waals surface area contributed by atoms with Crippen molar-refractivity contribution in [3.8, 4) is 0 Å². The van der Waals surface area contributed by atoms with Gasteiger partial charge >= 0.3 is 0 Å². The molecule has 0 atom stereocenters. The molecule has 0 bridgehead atoms. The number of nitrogens with zero attached hydrogens (tertiary/aromatic N) is 2. The van der Waals surface area contributed by atoms with E-state index in [9.17, 15) is 0 Å². The third kappa shape index (κ3) is 1.36. The Bertz CT molecular complexity index is 267. The van der Waals surface area contributed by atoms with Crippen molar-refractivity contribution >= 4 is 11.6 Å². The zero-order chi connectivity index (χ0) is 8.39. The number of fused-ring (bicyclic) bond motifs is 1. The molecule has 0 aromatic carbocycles. The van der Waals surface area contributed by atoms with Crippen molar-refractivity contribution in [3.63, 3.8) is 0 Å². The van der Waals surface area contributed by atoms with Gasteiger partial charge in [0.2, 0.25) is 0 Å². The molecule has 0 amide bonds. The minimum atomic E-state index is 0.677. The predicted octanol–water partition coefficient (Wildman–Crippen LogP) is 2.00. The summed E-state index contributed by atoms with van der Waals surface area (Å²) in [6.07, 6.45) is 6.70. The molecular formula is C9H13ClN2. The summed E-state index contributed by atoms with van der Waals surface area (Å²) in [5, 5.41) is 0. The summed E-state index contributed by atoms with van der Waals surface area (Å²) >= 11 is 5.68. The molecule has 2 rings (SSSR count). The molecule has 2 nitrogen and oxygen atoms in total. The Morgan fingerprint density at radius 3 is 3.25 bits per heavy atom. The van der Waals surface area contributed by atoms with Crippen molar-refractivity contribution in [2.45, 2.75) is 32.2 Å². The van der Waals surface area contributed by atoms with E-state index >= 15 is 0 Å². The van der Waals surface area contributed by atoms with Gasteiger partial charge in [-0.2, -0.15) is 0 Å². The monoisotopic (exact) mass is 184 g/mol. The minimum absolute atomic E-state index is 0.677. The van der Waals surface area contributed by atoms with Gasteiger partial charge in [-0.05, 0) is 19.3 Å². The molecule has 1 aliphatic heterocycles. The molecule has 0 saturated heterocycles. The van der Waals surface area contributed by atoms with Crippen LogP contribution in [-0.2, 0) is 19.4 Å². The quantitative estimate of drug-likeness (QED) is 0.643. The summed E-state index contributed by atoms with van der Waals surface area (Å²) in [6.45, 7) is 1.14. The maximum absolute atomic E-state index is 5.68. The molecule has 0 unspecified atom stereocenters. The van der Waals surface area contributed by atoms with Crippen LogP contribution in [0.1, 0.15) is 24.4 Å². The van der Waals surface area contributed by atoms with Crippen LogP contribution in [0.4, 0.5) is 0 Å². The van der Waals surface area contributed by atoms with Gasteiger partial charge in [0.1, 0.15) is 5.82 Å². The van der Waals surface area contributed by atoms with Crippen molar-refractivity contribution in [3.05, 3.63) is 17.7 Å². The Morgan fingerprint density at radius 2 is 2.42 bits per heavy atom. The Kier molecular flexibility index (Phi) is 2.35. The lowest BCUT2D eigenvalue weighted by Gasteiger charge is -2.15. The van der Waals surface area contributed by atoms with Crippen LogP contribution in [0.15, 0.2) is 6.20 Å². The summed E-state index contributed by atoms with van der Waals surface area (Å²) in [6, 6.07) is 0. The fourth-order valence-electron chi connectivity index (χ4n) is 1.79. The van der Waals surface area contributed by atoms with Crippen LogP contribution in [0.25, 0.3) is 0 Å². The average molecular weight is 185 g/mol. The molecule has 1 aromatic heterocycles. The molecule has 0 saturated carbocycles. The first-order valence-electron chi connectivity index (χ1n) is 4.51. The predicted molar refractivity (Wildman–Crippen MR) is 49.6 cm³/mol. The number of aromatic nitrogens is 2. The largest absolute Gasteiger partial charge is 0.332 e.